The SMILES string of the molecule is CCOc1ccc(NC(=S)NCCCSCc2ccccc2F)cc1. The molecule has 0 saturated heterocycles. The number of hydrogen-bond donors (Lipinski definition) is 2. The van der Waals surface area contributed by atoms with E-state index in [9.17, 15) is 4.39 Å². The number of nitrogens with one attached hydrogen (secondary N) is 2. The fourth-order valence-electron chi connectivity index (χ4n) is 2.15. The number of rotatable bonds is 9. The Kier molecular flexibility index (Phi) is 8.55. The summed E-state index contributed by atoms with van der Waals surface area (Å²) < 4.78 is 18.9. The quantitative estimate of drug-likeness (QED) is 0.482. The van der Waals surface area contributed by atoms with Crippen molar-refractivity contribution in [1.82, 2.24) is 5.32 Å². The molecule has 25 heavy (non-hydrogen) atoms. The normalized spacial score (nSPS) is 10.3. The van der Waals surface area contributed by atoms with E-state index in [4.69, 9.17) is 17.0 Å². The van der Waals surface area contributed by atoms with Gasteiger partial charge in [-0.05, 0) is 67.2 Å². The molecule has 0 aromatic heterocycles. The maximum Gasteiger partial charge on any atom is 0.170 e. The van der Waals surface area contributed by atoms with E-state index < -0.39 is 0 Å². The number of anilines is 1. The molecule has 0 unspecified atom stereocenters. The monoisotopic (exact) mass is 378 g/mol. The van der Waals surface area contributed by atoms with Crippen LogP contribution in [0.1, 0.15) is 18.9 Å². The van der Waals surface area contributed by atoms with Crippen molar-refractivity contribution in [3.8, 4) is 5.75 Å². The molecule has 0 aliphatic carbocycles. The third-order valence-corrected chi connectivity index (χ3v) is 4.73. The number of benzene rings is 2. The topological polar surface area (TPSA) is 33.3 Å². The van der Waals surface area contributed by atoms with Gasteiger partial charge in [0.05, 0.1) is 6.61 Å². The van der Waals surface area contributed by atoms with E-state index in [2.05, 4.69) is 10.6 Å². The first kappa shape index (κ1) is 19.5. The third-order valence-electron chi connectivity index (χ3n) is 3.39. The van der Waals surface area contributed by atoms with Crippen LogP contribution < -0.4 is 15.4 Å². The Hall–Kier alpha value is -1.79. The summed E-state index contributed by atoms with van der Waals surface area (Å²) in [6.45, 7) is 3.40. The van der Waals surface area contributed by atoms with Crippen molar-refractivity contribution in [2.45, 2.75) is 19.1 Å². The molecule has 2 aromatic carbocycles. The molecule has 2 rings (SSSR count). The van der Waals surface area contributed by atoms with E-state index in [0.29, 0.717) is 17.5 Å². The zero-order valence-electron chi connectivity index (χ0n) is 14.3. The lowest BCUT2D eigenvalue weighted by atomic mass is 10.2. The predicted molar refractivity (Wildman–Crippen MR) is 109 cm³/mol. The highest BCUT2D eigenvalue weighted by Crippen LogP contribution is 2.16. The summed E-state index contributed by atoms with van der Waals surface area (Å²) in [5.41, 5.74) is 1.68. The van der Waals surface area contributed by atoms with Crippen molar-refractivity contribution in [3.05, 3.63) is 59.9 Å². The average Bonchev–Trinajstić information content (AvgIpc) is 2.61. The maximum atomic E-state index is 13.5. The van der Waals surface area contributed by atoms with Crippen LogP contribution >= 0.6 is 24.0 Å². The molecule has 0 aliphatic heterocycles. The molecule has 0 fully saturated rings. The first-order valence-electron chi connectivity index (χ1n) is 8.28. The van der Waals surface area contributed by atoms with E-state index >= 15 is 0 Å². The Labute approximate surface area is 158 Å². The molecule has 0 heterocycles. The van der Waals surface area contributed by atoms with Gasteiger partial charge in [-0.15, -0.1) is 0 Å². The smallest absolute Gasteiger partial charge is 0.170 e. The average molecular weight is 379 g/mol. The zero-order chi connectivity index (χ0) is 17.9. The largest absolute Gasteiger partial charge is 0.494 e. The molecule has 0 spiro atoms. The van der Waals surface area contributed by atoms with E-state index in [-0.39, 0.29) is 5.82 Å². The number of hydrogen-bond acceptors (Lipinski definition) is 3. The molecule has 2 aromatic rings. The van der Waals surface area contributed by atoms with Crippen molar-refractivity contribution in [3.63, 3.8) is 0 Å². The van der Waals surface area contributed by atoms with Crippen LogP contribution in [-0.2, 0) is 5.75 Å². The third kappa shape index (κ3) is 7.32. The number of thiocarbonyl (C=S) groups is 1. The minimum atomic E-state index is -0.131. The van der Waals surface area contributed by atoms with Gasteiger partial charge in [-0.2, -0.15) is 11.8 Å². The first-order valence-corrected chi connectivity index (χ1v) is 9.84. The van der Waals surface area contributed by atoms with Crippen molar-refractivity contribution in [1.29, 1.82) is 0 Å². The first-order chi connectivity index (χ1) is 12.2. The minimum absolute atomic E-state index is 0.131. The lowest BCUT2D eigenvalue weighted by Gasteiger charge is -2.11. The lowest BCUT2D eigenvalue weighted by molar-refractivity contribution is 0.340. The van der Waals surface area contributed by atoms with Gasteiger partial charge < -0.3 is 15.4 Å². The summed E-state index contributed by atoms with van der Waals surface area (Å²) in [5, 5.41) is 6.93. The molecule has 0 radical (unpaired) electrons. The van der Waals surface area contributed by atoms with Gasteiger partial charge in [0.25, 0.3) is 0 Å². The van der Waals surface area contributed by atoms with Crippen LogP contribution in [0.4, 0.5) is 10.1 Å². The Balaban J connectivity index is 1.58. The fourth-order valence-corrected chi connectivity index (χ4v) is 3.32. The van der Waals surface area contributed by atoms with Crippen LogP contribution in [0.25, 0.3) is 0 Å². The summed E-state index contributed by atoms with van der Waals surface area (Å²) in [5.74, 6) is 2.36. The van der Waals surface area contributed by atoms with Crippen LogP contribution in [0.3, 0.4) is 0 Å². The molecule has 134 valence electrons. The standard InChI is InChI=1S/C19H23FN2OS2/c1-2-23-17-10-8-16(9-11-17)22-19(24)21-12-5-13-25-14-15-6-3-4-7-18(15)20/h3-4,6-11H,2,5,12-14H2,1H3,(H2,21,22,24). The molecule has 6 heteroatoms. The van der Waals surface area contributed by atoms with Gasteiger partial charge in [0.15, 0.2) is 5.11 Å². The highest BCUT2D eigenvalue weighted by molar-refractivity contribution is 7.98. The van der Waals surface area contributed by atoms with Gasteiger partial charge in [-0.1, -0.05) is 18.2 Å². The predicted octanol–water partition coefficient (Wildman–Crippen LogP) is 4.83. The Morgan fingerprint density at radius 3 is 2.64 bits per heavy atom. The molecule has 3 nitrogen and oxygen atoms in total. The summed E-state index contributed by atoms with van der Waals surface area (Å²) in [4.78, 5) is 0. The Morgan fingerprint density at radius 1 is 1.16 bits per heavy atom. The number of halogens is 1. The van der Waals surface area contributed by atoms with Crippen LogP contribution in [0.2, 0.25) is 0 Å². The lowest BCUT2D eigenvalue weighted by Crippen LogP contribution is -2.29. The molecular formula is C19H23FN2OS2. The second kappa shape index (κ2) is 10.9. The maximum absolute atomic E-state index is 13.5. The van der Waals surface area contributed by atoms with Crippen molar-refractivity contribution in [2.75, 3.05) is 24.2 Å². The van der Waals surface area contributed by atoms with Gasteiger partial charge in [0, 0.05) is 18.0 Å². The number of thioether (sulfide) groups is 1. The van der Waals surface area contributed by atoms with Gasteiger partial charge in [-0.3, -0.25) is 0 Å². The fraction of sp³-hybridized carbons (Fsp3) is 0.316. The van der Waals surface area contributed by atoms with Crippen LogP contribution in [0, 0.1) is 5.82 Å². The zero-order valence-corrected chi connectivity index (χ0v) is 15.9. The van der Waals surface area contributed by atoms with Gasteiger partial charge in [0.2, 0.25) is 0 Å². The van der Waals surface area contributed by atoms with Crippen molar-refractivity contribution >= 4 is 34.8 Å². The molecule has 0 bridgehead atoms. The van der Waals surface area contributed by atoms with Gasteiger partial charge in [0.1, 0.15) is 11.6 Å². The molecule has 0 aliphatic rings. The van der Waals surface area contributed by atoms with E-state index in [1.165, 1.54) is 6.07 Å². The van der Waals surface area contributed by atoms with Crippen LogP contribution in [0.5, 0.6) is 5.75 Å². The highest BCUT2D eigenvalue weighted by Gasteiger charge is 2.01. The van der Waals surface area contributed by atoms with Crippen molar-refractivity contribution in [2.24, 2.45) is 0 Å². The molecule has 0 amide bonds. The summed E-state index contributed by atoms with van der Waals surface area (Å²) in [7, 11) is 0. The summed E-state index contributed by atoms with van der Waals surface area (Å²) >= 11 is 7.01. The van der Waals surface area contributed by atoms with Crippen LogP contribution in [-0.4, -0.2) is 24.0 Å². The summed E-state index contributed by atoms with van der Waals surface area (Å²) in [6, 6.07) is 14.6. The molecule has 0 saturated carbocycles. The molecular weight excluding hydrogens is 355 g/mol. The van der Waals surface area contributed by atoms with E-state index in [1.54, 1.807) is 17.8 Å². The highest BCUT2D eigenvalue weighted by atomic mass is 32.2. The van der Waals surface area contributed by atoms with E-state index in [0.717, 1.165) is 35.7 Å². The Morgan fingerprint density at radius 2 is 1.92 bits per heavy atom. The molecule has 0 atom stereocenters. The summed E-state index contributed by atoms with van der Waals surface area (Å²) in [6.07, 6.45) is 0.963. The molecule has 2 N–H and O–H groups in total. The minimum Gasteiger partial charge on any atom is -0.494 e. The van der Waals surface area contributed by atoms with Gasteiger partial charge in [-0.25, -0.2) is 4.39 Å². The van der Waals surface area contributed by atoms with E-state index in [1.807, 2.05) is 43.3 Å². The van der Waals surface area contributed by atoms with Crippen molar-refractivity contribution < 1.29 is 9.13 Å². The number of ether oxygens (including phenoxy) is 1. The van der Waals surface area contributed by atoms with Crippen LogP contribution in [0.15, 0.2) is 48.5 Å². The second-order valence-corrected chi connectivity index (χ2v) is 6.85. The second-order valence-electron chi connectivity index (χ2n) is 5.34. The Bertz CT molecular complexity index is 665. The van der Waals surface area contributed by atoms with Gasteiger partial charge >= 0.3 is 0 Å².